The van der Waals surface area contributed by atoms with Crippen LogP contribution in [0, 0.1) is 0 Å². The van der Waals surface area contributed by atoms with Gasteiger partial charge in [0.25, 0.3) is 0 Å². The molecule has 8 heteroatoms. The van der Waals surface area contributed by atoms with E-state index < -0.39 is 30.8 Å². The standard InChI is InChI=1S/C26H25N3O4S/c27-29-28-25-24(34-20-14-8-3-9-15-20)23(30-16-18-10-4-1-5-11-18)22-21(32-25)17-31-26(33-22)19-12-6-2-7-13-19/h1-15,21-26H,16-17H2/t21-,22-,23+,24-,25+,26?/m1/s1. The Morgan fingerprint density at radius 1 is 0.912 bits per heavy atom. The molecular weight excluding hydrogens is 450 g/mol. The summed E-state index contributed by atoms with van der Waals surface area (Å²) in [4.78, 5) is 4.09. The fourth-order valence-electron chi connectivity index (χ4n) is 4.22. The third-order valence-corrected chi connectivity index (χ3v) is 7.16. The summed E-state index contributed by atoms with van der Waals surface area (Å²) in [6.45, 7) is 0.722. The average Bonchev–Trinajstić information content (AvgIpc) is 2.90. The van der Waals surface area contributed by atoms with Gasteiger partial charge in [-0.05, 0) is 23.2 Å². The van der Waals surface area contributed by atoms with E-state index >= 15 is 0 Å². The van der Waals surface area contributed by atoms with Gasteiger partial charge in [0.1, 0.15) is 18.3 Å². The smallest absolute Gasteiger partial charge is 0.184 e. The molecule has 2 fully saturated rings. The van der Waals surface area contributed by atoms with Gasteiger partial charge in [-0.25, -0.2) is 0 Å². The Kier molecular flexibility index (Phi) is 7.46. The van der Waals surface area contributed by atoms with Crippen LogP contribution in [0.25, 0.3) is 10.4 Å². The van der Waals surface area contributed by atoms with Crippen molar-refractivity contribution in [3.8, 4) is 0 Å². The molecule has 5 rings (SSSR count). The minimum atomic E-state index is -0.724. The van der Waals surface area contributed by atoms with Crippen molar-refractivity contribution in [1.29, 1.82) is 0 Å². The summed E-state index contributed by atoms with van der Waals surface area (Å²) in [5.74, 6) is 0. The molecule has 0 radical (unpaired) electrons. The first kappa shape index (κ1) is 22.9. The molecule has 0 amide bonds. The first-order chi connectivity index (χ1) is 16.8. The highest BCUT2D eigenvalue weighted by Gasteiger charge is 2.50. The summed E-state index contributed by atoms with van der Waals surface area (Å²) in [5.41, 5.74) is 11.2. The normalized spacial score (nSPS) is 28.5. The summed E-state index contributed by atoms with van der Waals surface area (Å²) < 4.78 is 25.2. The van der Waals surface area contributed by atoms with Crippen molar-refractivity contribution in [3.05, 3.63) is 113 Å². The van der Waals surface area contributed by atoms with Crippen molar-refractivity contribution in [2.45, 2.75) is 47.6 Å². The Morgan fingerprint density at radius 2 is 1.59 bits per heavy atom. The summed E-state index contributed by atoms with van der Waals surface area (Å²) in [5, 5.41) is 3.67. The molecule has 3 aromatic rings. The zero-order valence-corrected chi connectivity index (χ0v) is 19.2. The summed E-state index contributed by atoms with van der Waals surface area (Å²) >= 11 is 1.57. The largest absolute Gasteiger partial charge is 0.369 e. The number of azide groups is 1. The van der Waals surface area contributed by atoms with Crippen molar-refractivity contribution < 1.29 is 18.9 Å². The van der Waals surface area contributed by atoms with Crippen LogP contribution in [0.2, 0.25) is 0 Å². The fourth-order valence-corrected chi connectivity index (χ4v) is 5.46. The van der Waals surface area contributed by atoms with Gasteiger partial charge in [-0.2, -0.15) is 0 Å². The first-order valence-corrected chi connectivity index (χ1v) is 12.1. The van der Waals surface area contributed by atoms with E-state index in [-0.39, 0.29) is 5.25 Å². The predicted octanol–water partition coefficient (Wildman–Crippen LogP) is 5.88. The molecule has 0 aliphatic carbocycles. The molecule has 34 heavy (non-hydrogen) atoms. The molecule has 6 atom stereocenters. The van der Waals surface area contributed by atoms with Gasteiger partial charge in [-0.3, -0.25) is 0 Å². The van der Waals surface area contributed by atoms with Crippen LogP contribution in [-0.2, 0) is 25.6 Å². The van der Waals surface area contributed by atoms with Crippen LogP contribution in [0.15, 0.2) is 101 Å². The Labute approximate surface area is 202 Å². The Bertz CT molecular complexity index is 1100. The summed E-state index contributed by atoms with van der Waals surface area (Å²) in [6, 6.07) is 29.8. The van der Waals surface area contributed by atoms with E-state index in [2.05, 4.69) is 10.0 Å². The van der Waals surface area contributed by atoms with Gasteiger partial charge in [-0.15, -0.1) is 11.8 Å². The third kappa shape index (κ3) is 5.28. The number of fused-ring (bicyclic) bond motifs is 1. The van der Waals surface area contributed by atoms with Crippen LogP contribution in [0.3, 0.4) is 0 Å². The van der Waals surface area contributed by atoms with E-state index in [1.54, 1.807) is 11.8 Å². The van der Waals surface area contributed by atoms with Crippen molar-refractivity contribution in [2.24, 2.45) is 5.11 Å². The van der Waals surface area contributed by atoms with Crippen LogP contribution in [0.1, 0.15) is 17.4 Å². The Morgan fingerprint density at radius 3 is 2.29 bits per heavy atom. The van der Waals surface area contributed by atoms with Gasteiger partial charge in [0.15, 0.2) is 12.5 Å². The highest BCUT2D eigenvalue weighted by atomic mass is 32.2. The number of benzene rings is 3. The molecule has 0 bridgehead atoms. The minimum absolute atomic E-state index is 0.308. The maximum Gasteiger partial charge on any atom is 0.184 e. The maximum atomic E-state index is 9.25. The molecule has 174 valence electrons. The number of hydrogen-bond donors (Lipinski definition) is 0. The van der Waals surface area contributed by atoms with Crippen LogP contribution in [0.5, 0.6) is 0 Å². The maximum absolute atomic E-state index is 9.25. The number of rotatable bonds is 7. The molecule has 7 nitrogen and oxygen atoms in total. The average molecular weight is 476 g/mol. The Hall–Kier alpha value is -2.84. The van der Waals surface area contributed by atoms with Crippen molar-refractivity contribution in [3.63, 3.8) is 0 Å². The molecule has 0 aromatic heterocycles. The molecule has 2 heterocycles. The SMILES string of the molecule is [N-]=[N+]=N[C@H]1O[C@@H]2COC(c3ccccc3)O[C@H]2[C@H](OCc2ccccc2)[C@H]1Sc1ccccc1. The second-order valence-corrected chi connectivity index (χ2v) is 9.35. The fraction of sp³-hybridized carbons (Fsp3) is 0.308. The quantitative estimate of drug-likeness (QED) is 0.242. The van der Waals surface area contributed by atoms with Crippen LogP contribution >= 0.6 is 11.8 Å². The molecule has 0 N–H and O–H groups in total. The molecule has 1 unspecified atom stereocenters. The van der Waals surface area contributed by atoms with Gasteiger partial charge >= 0.3 is 0 Å². The Balaban J connectivity index is 1.45. The zero-order chi connectivity index (χ0) is 23.2. The molecule has 2 aliphatic rings. The lowest BCUT2D eigenvalue weighted by Crippen LogP contribution is -2.61. The first-order valence-electron chi connectivity index (χ1n) is 11.2. The van der Waals surface area contributed by atoms with E-state index in [0.717, 1.165) is 16.0 Å². The van der Waals surface area contributed by atoms with Crippen molar-refractivity contribution in [1.82, 2.24) is 0 Å². The second kappa shape index (κ2) is 11.1. The topological polar surface area (TPSA) is 85.7 Å². The van der Waals surface area contributed by atoms with Gasteiger partial charge in [0, 0.05) is 15.4 Å². The monoisotopic (exact) mass is 475 g/mol. The van der Waals surface area contributed by atoms with Crippen molar-refractivity contribution in [2.75, 3.05) is 6.61 Å². The van der Waals surface area contributed by atoms with Crippen LogP contribution < -0.4 is 0 Å². The molecular formula is C26H25N3O4S. The van der Waals surface area contributed by atoms with E-state index in [4.69, 9.17) is 18.9 Å². The molecule has 2 aliphatic heterocycles. The van der Waals surface area contributed by atoms with E-state index in [0.29, 0.717) is 13.2 Å². The van der Waals surface area contributed by atoms with Crippen LogP contribution in [-0.4, -0.2) is 36.4 Å². The minimum Gasteiger partial charge on any atom is -0.369 e. The summed E-state index contributed by atoms with van der Waals surface area (Å²) in [7, 11) is 0. The van der Waals surface area contributed by atoms with E-state index in [1.807, 2.05) is 91.0 Å². The second-order valence-electron chi connectivity index (χ2n) is 8.10. The van der Waals surface area contributed by atoms with E-state index in [9.17, 15) is 5.53 Å². The lowest BCUT2D eigenvalue weighted by Gasteiger charge is -2.48. The van der Waals surface area contributed by atoms with Gasteiger partial charge in [-0.1, -0.05) is 84.0 Å². The summed E-state index contributed by atoms with van der Waals surface area (Å²) in [6.07, 6.45) is -2.45. The van der Waals surface area contributed by atoms with Crippen molar-refractivity contribution >= 4 is 11.8 Å². The predicted molar refractivity (Wildman–Crippen MR) is 129 cm³/mol. The number of ether oxygens (including phenoxy) is 4. The van der Waals surface area contributed by atoms with Crippen LogP contribution in [0.4, 0.5) is 0 Å². The highest BCUT2D eigenvalue weighted by Crippen LogP contribution is 2.42. The molecule has 0 saturated carbocycles. The molecule has 2 saturated heterocycles. The van der Waals surface area contributed by atoms with Gasteiger partial charge < -0.3 is 18.9 Å². The lowest BCUT2D eigenvalue weighted by atomic mass is 9.98. The van der Waals surface area contributed by atoms with Gasteiger partial charge in [0.2, 0.25) is 0 Å². The number of thioether (sulfide) groups is 1. The van der Waals surface area contributed by atoms with E-state index in [1.165, 1.54) is 0 Å². The lowest BCUT2D eigenvalue weighted by molar-refractivity contribution is -0.313. The zero-order valence-electron chi connectivity index (χ0n) is 18.4. The third-order valence-electron chi connectivity index (χ3n) is 5.84. The highest BCUT2D eigenvalue weighted by molar-refractivity contribution is 8.00. The molecule has 3 aromatic carbocycles. The number of nitrogens with zero attached hydrogens (tertiary/aromatic N) is 3. The number of hydrogen-bond acceptors (Lipinski definition) is 6. The molecule has 0 spiro atoms. The van der Waals surface area contributed by atoms with Gasteiger partial charge in [0.05, 0.1) is 18.5 Å².